The summed E-state index contributed by atoms with van der Waals surface area (Å²) in [5.41, 5.74) is -0.252. The Labute approximate surface area is 182 Å². The molecule has 1 aliphatic carbocycles. The van der Waals surface area contributed by atoms with E-state index in [0.29, 0.717) is 0 Å². The molecule has 170 valence electrons. The molecule has 0 unspecified atom stereocenters. The number of nitro benzene ring substituents is 1. The summed E-state index contributed by atoms with van der Waals surface area (Å²) in [5, 5.41) is 16.9. The average molecular weight is 433 g/mol. The van der Waals surface area contributed by atoms with Crippen molar-refractivity contribution in [2.24, 2.45) is 5.92 Å². The van der Waals surface area contributed by atoms with E-state index in [2.05, 4.69) is 15.5 Å². The van der Waals surface area contributed by atoms with Crippen molar-refractivity contribution >= 4 is 23.2 Å². The van der Waals surface area contributed by atoms with Crippen LogP contribution in [0.25, 0.3) is 0 Å². The van der Waals surface area contributed by atoms with Gasteiger partial charge in [-0.1, -0.05) is 19.3 Å². The predicted molar refractivity (Wildman–Crippen MR) is 117 cm³/mol. The highest BCUT2D eigenvalue weighted by Crippen LogP contribution is 2.33. The second-order valence-electron chi connectivity index (χ2n) is 8.56. The third kappa shape index (κ3) is 6.16. The van der Waals surface area contributed by atoms with Gasteiger partial charge in [-0.05, 0) is 31.6 Å². The predicted octanol–water partition coefficient (Wildman–Crippen LogP) is 3.34. The standard InChI is InChI=1S/C22H32N4O5/c1-15(27)23-19-13-21(31-2)18(12-20(19)26(29)30)22(28)24-17-8-10-25(11-9-17)14-16-6-4-3-5-7-16/h12-13,16-17H,3-11,14H2,1-2H3,(H,23,27)(H,24,28). The second kappa shape index (κ2) is 10.6. The SMILES string of the molecule is COc1cc(NC(C)=O)c([N+](=O)[O-])cc1C(=O)NC1CCN(CC2CCCCC2)CC1. The number of methoxy groups -OCH3 is 1. The first-order valence-electron chi connectivity index (χ1n) is 11.0. The van der Waals surface area contributed by atoms with Gasteiger partial charge >= 0.3 is 0 Å². The monoisotopic (exact) mass is 432 g/mol. The molecule has 31 heavy (non-hydrogen) atoms. The van der Waals surface area contributed by atoms with Crippen molar-refractivity contribution in [1.82, 2.24) is 10.2 Å². The molecule has 2 aliphatic rings. The molecular weight excluding hydrogens is 400 g/mol. The lowest BCUT2D eigenvalue weighted by Gasteiger charge is -2.35. The Morgan fingerprint density at radius 1 is 1.16 bits per heavy atom. The number of carbonyl (C=O) groups is 2. The maximum absolute atomic E-state index is 12.9. The Kier molecular flexibility index (Phi) is 7.84. The Bertz CT molecular complexity index is 814. The zero-order valence-electron chi connectivity index (χ0n) is 18.3. The van der Waals surface area contributed by atoms with Crippen molar-refractivity contribution in [3.8, 4) is 5.75 Å². The van der Waals surface area contributed by atoms with E-state index in [0.717, 1.165) is 44.5 Å². The first-order chi connectivity index (χ1) is 14.9. The van der Waals surface area contributed by atoms with E-state index in [-0.39, 0.29) is 28.7 Å². The highest BCUT2D eigenvalue weighted by atomic mass is 16.6. The number of hydrogen-bond donors (Lipinski definition) is 2. The number of benzene rings is 1. The van der Waals surface area contributed by atoms with Crippen LogP contribution in [-0.4, -0.2) is 54.4 Å². The topological polar surface area (TPSA) is 114 Å². The second-order valence-corrected chi connectivity index (χ2v) is 8.56. The summed E-state index contributed by atoms with van der Waals surface area (Å²) in [6, 6.07) is 2.51. The number of amides is 2. The summed E-state index contributed by atoms with van der Waals surface area (Å²) >= 11 is 0. The van der Waals surface area contributed by atoms with Gasteiger partial charge in [0.1, 0.15) is 11.4 Å². The van der Waals surface area contributed by atoms with Crippen LogP contribution in [-0.2, 0) is 4.79 Å². The van der Waals surface area contributed by atoms with Crippen LogP contribution in [0.15, 0.2) is 12.1 Å². The maximum Gasteiger partial charge on any atom is 0.293 e. The van der Waals surface area contributed by atoms with E-state index < -0.39 is 16.7 Å². The molecule has 3 rings (SSSR count). The smallest absolute Gasteiger partial charge is 0.293 e. The van der Waals surface area contributed by atoms with Crippen LogP contribution in [0.3, 0.4) is 0 Å². The van der Waals surface area contributed by atoms with Crippen molar-refractivity contribution in [3.63, 3.8) is 0 Å². The maximum atomic E-state index is 12.9. The van der Waals surface area contributed by atoms with Crippen molar-refractivity contribution in [3.05, 3.63) is 27.8 Å². The van der Waals surface area contributed by atoms with E-state index in [1.54, 1.807) is 0 Å². The summed E-state index contributed by atoms with van der Waals surface area (Å²) in [7, 11) is 1.39. The van der Waals surface area contributed by atoms with Crippen LogP contribution >= 0.6 is 0 Å². The van der Waals surface area contributed by atoms with Gasteiger partial charge in [-0.2, -0.15) is 0 Å². The van der Waals surface area contributed by atoms with Gasteiger partial charge in [0, 0.05) is 44.7 Å². The lowest BCUT2D eigenvalue weighted by atomic mass is 9.88. The van der Waals surface area contributed by atoms with Gasteiger partial charge in [-0.15, -0.1) is 0 Å². The molecule has 0 atom stereocenters. The van der Waals surface area contributed by atoms with Gasteiger partial charge in [0.05, 0.1) is 17.6 Å². The molecule has 2 amide bonds. The summed E-state index contributed by atoms with van der Waals surface area (Å²) < 4.78 is 5.27. The largest absolute Gasteiger partial charge is 0.496 e. The van der Waals surface area contributed by atoms with E-state index in [9.17, 15) is 19.7 Å². The minimum atomic E-state index is -0.620. The van der Waals surface area contributed by atoms with Gasteiger partial charge in [-0.3, -0.25) is 19.7 Å². The fourth-order valence-electron chi connectivity index (χ4n) is 4.61. The zero-order valence-corrected chi connectivity index (χ0v) is 18.3. The number of nitro groups is 1. The molecule has 2 fully saturated rings. The van der Waals surface area contributed by atoms with Crippen LogP contribution in [0.1, 0.15) is 62.2 Å². The molecule has 1 heterocycles. The average Bonchev–Trinajstić information content (AvgIpc) is 2.74. The molecule has 1 aromatic carbocycles. The number of ether oxygens (including phenoxy) is 1. The number of piperidine rings is 1. The molecule has 1 aromatic rings. The van der Waals surface area contributed by atoms with Crippen LogP contribution in [0.5, 0.6) is 5.75 Å². The minimum absolute atomic E-state index is 0.00178. The molecule has 0 radical (unpaired) electrons. The van der Waals surface area contributed by atoms with Crippen LogP contribution in [0, 0.1) is 16.0 Å². The molecule has 1 saturated carbocycles. The fourth-order valence-corrected chi connectivity index (χ4v) is 4.61. The number of anilines is 1. The molecule has 0 bridgehead atoms. The number of nitrogens with zero attached hydrogens (tertiary/aromatic N) is 2. The molecule has 9 heteroatoms. The van der Waals surface area contributed by atoms with E-state index in [4.69, 9.17) is 4.74 Å². The van der Waals surface area contributed by atoms with Crippen LogP contribution in [0.2, 0.25) is 0 Å². The molecule has 1 saturated heterocycles. The Morgan fingerprint density at radius 2 is 1.84 bits per heavy atom. The van der Waals surface area contributed by atoms with Gasteiger partial charge in [0.2, 0.25) is 5.91 Å². The molecular formula is C22H32N4O5. The number of rotatable bonds is 7. The van der Waals surface area contributed by atoms with Crippen molar-refractivity contribution < 1.29 is 19.2 Å². The van der Waals surface area contributed by atoms with Crippen LogP contribution in [0.4, 0.5) is 11.4 Å². The fraction of sp³-hybridized carbons (Fsp3) is 0.636. The third-order valence-electron chi connectivity index (χ3n) is 6.23. The summed E-state index contributed by atoms with van der Waals surface area (Å²) in [6.07, 6.45) is 8.39. The summed E-state index contributed by atoms with van der Waals surface area (Å²) in [5.74, 6) is 0.135. The zero-order chi connectivity index (χ0) is 22.4. The van der Waals surface area contributed by atoms with Gasteiger partial charge in [0.25, 0.3) is 11.6 Å². The number of nitrogens with one attached hydrogen (secondary N) is 2. The third-order valence-corrected chi connectivity index (χ3v) is 6.23. The molecule has 9 nitrogen and oxygen atoms in total. The molecule has 0 spiro atoms. The quantitative estimate of drug-likeness (QED) is 0.505. The first kappa shape index (κ1) is 23.0. The van der Waals surface area contributed by atoms with Crippen molar-refractivity contribution in [2.45, 2.75) is 57.9 Å². The molecule has 2 N–H and O–H groups in total. The summed E-state index contributed by atoms with van der Waals surface area (Å²) in [4.78, 5) is 37.6. The first-order valence-corrected chi connectivity index (χ1v) is 11.0. The van der Waals surface area contributed by atoms with Gasteiger partial charge < -0.3 is 20.3 Å². The number of likely N-dealkylation sites (tertiary alicyclic amines) is 1. The Hall–Kier alpha value is -2.68. The van der Waals surface area contributed by atoms with Crippen molar-refractivity contribution in [2.75, 3.05) is 32.1 Å². The Morgan fingerprint density at radius 3 is 2.42 bits per heavy atom. The normalized spacial score (nSPS) is 18.4. The summed E-state index contributed by atoms with van der Waals surface area (Å²) in [6.45, 7) is 4.29. The number of hydrogen-bond acceptors (Lipinski definition) is 6. The van der Waals surface area contributed by atoms with E-state index in [1.807, 2.05) is 0 Å². The highest BCUT2D eigenvalue weighted by molar-refractivity contribution is 6.00. The van der Waals surface area contributed by atoms with Crippen LogP contribution < -0.4 is 15.4 Å². The highest BCUT2D eigenvalue weighted by Gasteiger charge is 2.27. The molecule has 1 aliphatic heterocycles. The Balaban J connectivity index is 1.62. The number of carbonyl (C=O) groups excluding carboxylic acids is 2. The van der Waals surface area contributed by atoms with E-state index >= 15 is 0 Å². The van der Waals surface area contributed by atoms with Crippen molar-refractivity contribution in [1.29, 1.82) is 0 Å². The molecule has 0 aromatic heterocycles. The lowest BCUT2D eigenvalue weighted by Crippen LogP contribution is -2.46. The minimum Gasteiger partial charge on any atom is -0.496 e. The van der Waals surface area contributed by atoms with Gasteiger partial charge in [-0.25, -0.2) is 0 Å². The van der Waals surface area contributed by atoms with E-state index in [1.165, 1.54) is 52.2 Å². The van der Waals surface area contributed by atoms with Gasteiger partial charge in [0.15, 0.2) is 0 Å². The lowest BCUT2D eigenvalue weighted by molar-refractivity contribution is -0.384.